The molecule has 0 saturated carbocycles. The van der Waals surface area contributed by atoms with E-state index in [4.69, 9.17) is 11.6 Å². The molecule has 0 aliphatic carbocycles. The van der Waals surface area contributed by atoms with Crippen LogP contribution < -0.4 is 10.9 Å². The van der Waals surface area contributed by atoms with Crippen molar-refractivity contribution in [3.8, 4) is 0 Å². The van der Waals surface area contributed by atoms with E-state index in [1.807, 2.05) is 22.6 Å². The molecule has 0 aromatic carbocycles. The van der Waals surface area contributed by atoms with Crippen molar-refractivity contribution in [1.29, 1.82) is 0 Å². The third-order valence-corrected chi connectivity index (χ3v) is 3.60. The van der Waals surface area contributed by atoms with Gasteiger partial charge in [0.15, 0.2) is 0 Å². The molecule has 1 aromatic rings. The number of carbonyl (C=O) groups excluding carboxylic acids is 1. The number of hydrogen-bond acceptors (Lipinski definition) is 3. The van der Waals surface area contributed by atoms with E-state index in [1.54, 1.807) is 7.05 Å². The van der Waals surface area contributed by atoms with Crippen molar-refractivity contribution < 1.29 is 4.79 Å². The van der Waals surface area contributed by atoms with E-state index in [9.17, 15) is 9.59 Å². The van der Waals surface area contributed by atoms with Crippen molar-refractivity contribution in [3.63, 3.8) is 0 Å². The molecular formula is C9H11ClIN3O2. The third kappa shape index (κ3) is 3.44. The normalized spacial score (nSPS) is 10.2. The minimum absolute atomic E-state index is 0.0373. The fourth-order valence-corrected chi connectivity index (χ4v) is 1.71. The minimum Gasteiger partial charge on any atom is -0.359 e. The van der Waals surface area contributed by atoms with Crippen LogP contribution in [0.25, 0.3) is 0 Å². The van der Waals surface area contributed by atoms with Crippen LogP contribution in [0.2, 0.25) is 5.15 Å². The molecule has 16 heavy (non-hydrogen) atoms. The molecule has 0 aliphatic rings. The zero-order chi connectivity index (χ0) is 12.1. The number of nitrogens with zero attached hydrogens (tertiary/aromatic N) is 2. The monoisotopic (exact) mass is 355 g/mol. The summed E-state index contributed by atoms with van der Waals surface area (Å²) in [5.74, 6) is -0.0373. The summed E-state index contributed by atoms with van der Waals surface area (Å²) in [6.07, 6.45) is 2.39. The molecule has 1 amide bonds. The van der Waals surface area contributed by atoms with Crippen LogP contribution in [-0.4, -0.2) is 22.5 Å². The number of aromatic nitrogens is 2. The van der Waals surface area contributed by atoms with Gasteiger partial charge in [-0.25, -0.2) is 4.98 Å². The van der Waals surface area contributed by atoms with Crippen molar-refractivity contribution in [2.24, 2.45) is 0 Å². The van der Waals surface area contributed by atoms with E-state index in [0.29, 0.717) is 23.0 Å². The summed E-state index contributed by atoms with van der Waals surface area (Å²) < 4.78 is 1.86. The van der Waals surface area contributed by atoms with Gasteiger partial charge in [0.25, 0.3) is 5.56 Å². The molecule has 5 nitrogen and oxygen atoms in total. The van der Waals surface area contributed by atoms with Crippen LogP contribution in [0.3, 0.4) is 0 Å². The summed E-state index contributed by atoms with van der Waals surface area (Å²) >= 11 is 7.56. The Bertz CT molecular complexity index is 447. The lowest BCUT2D eigenvalue weighted by Gasteiger charge is -2.05. The van der Waals surface area contributed by atoms with Gasteiger partial charge in [0, 0.05) is 20.0 Å². The molecule has 0 atom stereocenters. The number of rotatable bonds is 4. The van der Waals surface area contributed by atoms with E-state index in [0.717, 1.165) is 0 Å². The van der Waals surface area contributed by atoms with E-state index in [-0.39, 0.29) is 16.6 Å². The molecule has 0 spiro atoms. The van der Waals surface area contributed by atoms with E-state index < -0.39 is 0 Å². The van der Waals surface area contributed by atoms with Gasteiger partial charge in [-0.3, -0.25) is 14.2 Å². The highest BCUT2D eigenvalue weighted by molar-refractivity contribution is 14.1. The molecule has 1 N–H and O–H groups in total. The summed E-state index contributed by atoms with van der Waals surface area (Å²) in [4.78, 5) is 26.5. The van der Waals surface area contributed by atoms with Gasteiger partial charge in [-0.1, -0.05) is 11.6 Å². The largest absolute Gasteiger partial charge is 0.359 e. The van der Waals surface area contributed by atoms with Crippen LogP contribution >= 0.6 is 34.2 Å². The van der Waals surface area contributed by atoms with Gasteiger partial charge in [-0.15, -0.1) is 0 Å². The lowest BCUT2D eigenvalue weighted by atomic mass is 10.3. The molecule has 0 saturated heterocycles. The molecular weight excluding hydrogens is 344 g/mol. The van der Waals surface area contributed by atoms with Crippen molar-refractivity contribution in [2.75, 3.05) is 7.05 Å². The molecule has 7 heteroatoms. The summed E-state index contributed by atoms with van der Waals surface area (Å²) in [5, 5.41) is 2.74. The molecule has 1 heterocycles. The number of carbonyl (C=O) groups is 1. The Hall–Kier alpha value is -0.630. The molecule has 0 fully saturated rings. The second-order valence-corrected chi connectivity index (χ2v) is 4.56. The first-order valence-electron chi connectivity index (χ1n) is 4.67. The topological polar surface area (TPSA) is 64.0 Å². The molecule has 1 aromatic heterocycles. The lowest BCUT2D eigenvalue weighted by Crippen LogP contribution is -2.24. The zero-order valence-corrected chi connectivity index (χ0v) is 11.6. The number of hydrogen-bond donors (Lipinski definition) is 1. The SMILES string of the molecule is CNC(=O)CCCn1cnc(Cl)c(I)c1=O. The fraction of sp³-hybridized carbons (Fsp3) is 0.444. The Labute approximate surface area is 111 Å². The molecule has 0 unspecified atom stereocenters. The van der Waals surface area contributed by atoms with Gasteiger partial charge < -0.3 is 5.32 Å². The molecule has 88 valence electrons. The van der Waals surface area contributed by atoms with Crippen LogP contribution in [-0.2, 0) is 11.3 Å². The molecule has 1 rings (SSSR count). The Morgan fingerprint density at radius 2 is 2.38 bits per heavy atom. The van der Waals surface area contributed by atoms with Crippen LogP contribution in [0.1, 0.15) is 12.8 Å². The van der Waals surface area contributed by atoms with Gasteiger partial charge in [0.05, 0.1) is 6.33 Å². The van der Waals surface area contributed by atoms with Gasteiger partial charge >= 0.3 is 0 Å². The number of nitrogens with one attached hydrogen (secondary N) is 1. The Morgan fingerprint density at radius 3 is 3.00 bits per heavy atom. The highest BCUT2D eigenvalue weighted by Crippen LogP contribution is 2.09. The maximum Gasteiger partial charge on any atom is 0.268 e. The standard InChI is InChI=1S/C9H11ClIN3O2/c1-12-6(15)3-2-4-14-5-13-8(10)7(11)9(14)16/h5H,2-4H2,1H3,(H,12,15). The van der Waals surface area contributed by atoms with Crippen LogP contribution in [0, 0.1) is 3.57 Å². The van der Waals surface area contributed by atoms with Gasteiger partial charge in [0.2, 0.25) is 5.91 Å². The van der Waals surface area contributed by atoms with Crippen LogP contribution in [0.5, 0.6) is 0 Å². The Kier molecular flexibility index (Phi) is 5.20. The van der Waals surface area contributed by atoms with Gasteiger partial charge in [-0.05, 0) is 29.0 Å². The van der Waals surface area contributed by atoms with E-state index >= 15 is 0 Å². The van der Waals surface area contributed by atoms with Gasteiger partial charge in [0.1, 0.15) is 8.72 Å². The average Bonchev–Trinajstić information content (AvgIpc) is 2.29. The smallest absolute Gasteiger partial charge is 0.268 e. The maximum atomic E-state index is 11.7. The Balaban J connectivity index is 2.65. The van der Waals surface area contributed by atoms with Crippen molar-refractivity contribution in [1.82, 2.24) is 14.9 Å². The highest BCUT2D eigenvalue weighted by Gasteiger charge is 2.06. The average molecular weight is 356 g/mol. The minimum atomic E-state index is -0.169. The Morgan fingerprint density at radius 1 is 1.69 bits per heavy atom. The summed E-state index contributed by atoms with van der Waals surface area (Å²) in [5.41, 5.74) is -0.169. The molecule has 0 bridgehead atoms. The number of halogens is 2. The lowest BCUT2D eigenvalue weighted by molar-refractivity contribution is -0.120. The fourth-order valence-electron chi connectivity index (χ4n) is 1.14. The van der Waals surface area contributed by atoms with Crippen molar-refractivity contribution in [3.05, 3.63) is 25.4 Å². The second-order valence-electron chi connectivity index (χ2n) is 3.12. The van der Waals surface area contributed by atoms with Crippen LogP contribution in [0.4, 0.5) is 0 Å². The first-order valence-corrected chi connectivity index (χ1v) is 6.13. The first kappa shape index (κ1) is 13.4. The van der Waals surface area contributed by atoms with Crippen molar-refractivity contribution >= 4 is 40.1 Å². The maximum absolute atomic E-state index is 11.7. The predicted molar refractivity (Wildman–Crippen MR) is 69.5 cm³/mol. The molecule has 0 aliphatic heterocycles. The quantitative estimate of drug-likeness (QED) is 0.648. The summed E-state index contributed by atoms with van der Waals surface area (Å²) in [6, 6.07) is 0. The third-order valence-electron chi connectivity index (χ3n) is 2.02. The van der Waals surface area contributed by atoms with Crippen LogP contribution in [0.15, 0.2) is 11.1 Å². The zero-order valence-electron chi connectivity index (χ0n) is 8.67. The first-order chi connectivity index (χ1) is 7.56. The summed E-state index contributed by atoms with van der Waals surface area (Å²) in [7, 11) is 1.58. The number of aryl methyl sites for hydroxylation is 1. The van der Waals surface area contributed by atoms with Gasteiger partial charge in [-0.2, -0.15) is 0 Å². The predicted octanol–water partition coefficient (Wildman–Crippen LogP) is 1.03. The van der Waals surface area contributed by atoms with Crippen molar-refractivity contribution in [2.45, 2.75) is 19.4 Å². The summed E-state index contributed by atoms with van der Waals surface area (Å²) in [6.45, 7) is 0.465. The number of amides is 1. The van der Waals surface area contributed by atoms with E-state index in [2.05, 4.69) is 10.3 Å². The second kappa shape index (κ2) is 6.19. The van der Waals surface area contributed by atoms with E-state index in [1.165, 1.54) is 10.9 Å². The highest BCUT2D eigenvalue weighted by atomic mass is 127. The molecule has 0 radical (unpaired) electrons.